The van der Waals surface area contributed by atoms with E-state index in [1.165, 1.54) is 6.42 Å². The number of hydrogen-bond donors (Lipinski definition) is 0. The van der Waals surface area contributed by atoms with E-state index in [9.17, 15) is 4.79 Å². The molecule has 0 spiro atoms. The van der Waals surface area contributed by atoms with Gasteiger partial charge in [0.15, 0.2) is 5.82 Å². The fourth-order valence-electron chi connectivity index (χ4n) is 4.22. The van der Waals surface area contributed by atoms with Crippen LogP contribution in [0.4, 0.5) is 5.82 Å². The summed E-state index contributed by atoms with van der Waals surface area (Å²) < 4.78 is 0. The first kappa shape index (κ1) is 18.7. The number of aromatic nitrogens is 4. The van der Waals surface area contributed by atoms with Crippen LogP contribution >= 0.6 is 0 Å². The molecule has 152 valence electrons. The predicted molar refractivity (Wildman–Crippen MR) is 114 cm³/mol. The summed E-state index contributed by atoms with van der Waals surface area (Å²) in [6, 6.07) is 9.42. The Balaban J connectivity index is 1.53. The van der Waals surface area contributed by atoms with Crippen molar-refractivity contribution in [1.82, 2.24) is 24.8 Å². The summed E-state index contributed by atoms with van der Waals surface area (Å²) in [6.45, 7) is 3.14. The number of amides is 1. The van der Waals surface area contributed by atoms with Crippen LogP contribution in [0, 0.1) is 0 Å². The molecule has 3 aromatic heterocycles. The highest BCUT2D eigenvalue weighted by atomic mass is 16.2. The van der Waals surface area contributed by atoms with Gasteiger partial charge in [0, 0.05) is 50.2 Å². The highest BCUT2D eigenvalue weighted by Gasteiger charge is 2.29. The number of hydrogen-bond acceptors (Lipinski definition) is 6. The van der Waals surface area contributed by atoms with Gasteiger partial charge in [-0.3, -0.25) is 14.8 Å². The molecule has 0 atom stereocenters. The van der Waals surface area contributed by atoms with Crippen molar-refractivity contribution in [2.24, 2.45) is 0 Å². The van der Waals surface area contributed by atoms with Gasteiger partial charge in [0.25, 0.3) is 5.91 Å². The van der Waals surface area contributed by atoms with E-state index in [1.807, 2.05) is 29.2 Å². The van der Waals surface area contributed by atoms with Gasteiger partial charge in [-0.05, 0) is 43.5 Å². The van der Waals surface area contributed by atoms with E-state index in [-0.39, 0.29) is 5.91 Å². The molecule has 1 amide bonds. The van der Waals surface area contributed by atoms with Crippen molar-refractivity contribution in [2.75, 3.05) is 24.5 Å². The maximum Gasteiger partial charge on any atom is 0.255 e. The van der Waals surface area contributed by atoms with Gasteiger partial charge >= 0.3 is 0 Å². The second kappa shape index (κ2) is 8.18. The first-order valence-corrected chi connectivity index (χ1v) is 10.5. The highest BCUT2D eigenvalue weighted by Crippen LogP contribution is 2.31. The van der Waals surface area contributed by atoms with Crippen molar-refractivity contribution >= 4 is 11.7 Å². The van der Waals surface area contributed by atoms with Crippen LogP contribution in [0.15, 0.2) is 48.9 Å². The molecule has 0 unspecified atom stereocenters. The molecular formula is C23H24N6O. The molecule has 0 radical (unpaired) electrons. The molecule has 0 aromatic carbocycles. The zero-order valence-corrected chi connectivity index (χ0v) is 16.9. The Hall–Kier alpha value is -3.35. The maximum absolute atomic E-state index is 13.0. The van der Waals surface area contributed by atoms with Gasteiger partial charge in [-0.25, -0.2) is 9.97 Å². The fourth-order valence-corrected chi connectivity index (χ4v) is 4.22. The van der Waals surface area contributed by atoms with E-state index < -0.39 is 0 Å². The number of nitrogens with zero attached hydrogens (tertiary/aromatic N) is 6. The summed E-state index contributed by atoms with van der Waals surface area (Å²) in [7, 11) is 0. The molecule has 0 N–H and O–H groups in total. The third-order valence-electron chi connectivity index (χ3n) is 5.78. The fraction of sp³-hybridized carbons (Fsp3) is 0.348. The molecule has 0 aliphatic carbocycles. The van der Waals surface area contributed by atoms with Crippen molar-refractivity contribution in [3.8, 4) is 11.5 Å². The molecule has 2 aliphatic heterocycles. The molecule has 5 rings (SSSR count). The van der Waals surface area contributed by atoms with Gasteiger partial charge in [-0.1, -0.05) is 6.07 Å². The minimum absolute atomic E-state index is 0.00662. The van der Waals surface area contributed by atoms with E-state index in [4.69, 9.17) is 9.97 Å². The lowest BCUT2D eigenvalue weighted by atomic mass is 10.0. The smallest absolute Gasteiger partial charge is 0.255 e. The van der Waals surface area contributed by atoms with Crippen LogP contribution in [0.3, 0.4) is 0 Å². The Bertz CT molecular complexity index is 1030. The lowest BCUT2D eigenvalue weighted by Gasteiger charge is -2.34. The summed E-state index contributed by atoms with van der Waals surface area (Å²) in [5.41, 5.74) is 3.50. The standard InChI is InChI=1S/C23H24N6O/c30-23(17-7-6-10-24-15-17)29-14-9-19-18(16-29)22(28-12-4-1-5-13-28)27-21(26-19)20-8-2-3-11-25-20/h2-3,6-8,10-11,15H,1,4-5,9,12-14,16H2. The van der Waals surface area contributed by atoms with Crippen LogP contribution in [-0.2, 0) is 13.0 Å². The van der Waals surface area contributed by atoms with Crippen LogP contribution in [0.2, 0.25) is 0 Å². The number of rotatable bonds is 3. The van der Waals surface area contributed by atoms with E-state index in [2.05, 4.69) is 14.9 Å². The number of piperidine rings is 1. The normalized spacial score (nSPS) is 16.3. The van der Waals surface area contributed by atoms with Crippen molar-refractivity contribution in [1.29, 1.82) is 0 Å². The first-order chi connectivity index (χ1) is 14.8. The quantitative estimate of drug-likeness (QED) is 0.672. The van der Waals surface area contributed by atoms with E-state index in [1.54, 1.807) is 24.7 Å². The molecule has 5 heterocycles. The van der Waals surface area contributed by atoms with E-state index >= 15 is 0 Å². The Labute approximate surface area is 175 Å². The average Bonchev–Trinajstić information content (AvgIpc) is 2.84. The summed E-state index contributed by atoms with van der Waals surface area (Å²) in [4.78, 5) is 35.6. The third-order valence-corrected chi connectivity index (χ3v) is 5.78. The topological polar surface area (TPSA) is 75.1 Å². The van der Waals surface area contributed by atoms with E-state index in [0.29, 0.717) is 30.9 Å². The number of carbonyl (C=O) groups excluding carboxylic acids is 1. The molecule has 7 nitrogen and oxygen atoms in total. The predicted octanol–water partition coefficient (Wildman–Crippen LogP) is 3.12. The molecule has 0 saturated carbocycles. The number of carbonyl (C=O) groups is 1. The van der Waals surface area contributed by atoms with Crippen LogP contribution in [0.5, 0.6) is 0 Å². The first-order valence-electron chi connectivity index (χ1n) is 10.5. The Morgan fingerprint density at radius 3 is 2.60 bits per heavy atom. The number of anilines is 1. The number of pyridine rings is 2. The molecule has 2 aliphatic rings. The van der Waals surface area contributed by atoms with Crippen LogP contribution < -0.4 is 4.90 Å². The Morgan fingerprint density at radius 1 is 0.933 bits per heavy atom. The largest absolute Gasteiger partial charge is 0.356 e. The lowest BCUT2D eigenvalue weighted by molar-refractivity contribution is 0.0733. The Kier molecular flexibility index (Phi) is 5.09. The van der Waals surface area contributed by atoms with Crippen LogP contribution in [0.25, 0.3) is 11.5 Å². The Morgan fingerprint density at radius 2 is 1.83 bits per heavy atom. The zero-order chi connectivity index (χ0) is 20.3. The summed E-state index contributed by atoms with van der Waals surface area (Å²) in [6.07, 6.45) is 9.37. The van der Waals surface area contributed by atoms with Crippen LogP contribution in [0.1, 0.15) is 40.9 Å². The third kappa shape index (κ3) is 3.63. The van der Waals surface area contributed by atoms with E-state index in [0.717, 1.165) is 48.7 Å². The average molecular weight is 400 g/mol. The van der Waals surface area contributed by atoms with Crippen molar-refractivity contribution < 1.29 is 4.79 Å². The zero-order valence-electron chi connectivity index (χ0n) is 16.9. The molecule has 1 fully saturated rings. The van der Waals surface area contributed by atoms with Crippen molar-refractivity contribution in [3.63, 3.8) is 0 Å². The van der Waals surface area contributed by atoms with Crippen molar-refractivity contribution in [2.45, 2.75) is 32.2 Å². The van der Waals surface area contributed by atoms with Gasteiger partial charge in [-0.15, -0.1) is 0 Å². The molecule has 7 heteroatoms. The van der Waals surface area contributed by atoms with Gasteiger partial charge in [0.2, 0.25) is 0 Å². The molecule has 3 aromatic rings. The van der Waals surface area contributed by atoms with Crippen LogP contribution in [-0.4, -0.2) is 50.4 Å². The molecular weight excluding hydrogens is 376 g/mol. The van der Waals surface area contributed by atoms with Gasteiger partial charge < -0.3 is 9.80 Å². The number of fused-ring (bicyclic) bond motifs is 1. The summed E-state index contributed by atoms with van der Waals surface area (Å²) in [5.74, 6) is 1.64. The lowest BCUT2D eigenvalue weighted by Crippen LogP contribution is -2.39. The van der Waals surface area contributed by atoms with Gasteiger partial charge in [0.05, 0.1) is 17.8 Å². The SMILES string of the molecule is O=C(c1cccnc1)N1CCc2nc(-c3ccccn3)nc(N3CCCCC3)c2C1. The minimum Gasteiger partial charge on any atom is -0.356 e. The second-order valence-electron chi connectivity index (χ2n) is 7.78. The summed E-state index contributed by atoms with van der Waals surface area (Å²) >= 11 is 0. The molecule has 30 heavy (non-hydrogen) atoms. The van der Waals surface area contributed by atoms with Gasteiger partial charge in [0.1, 0.15) is 11.5 Å². The monoisotopic (exact) mass is 400 g/mol. The van der Waals surface area contributed by atoms with Gasteiger partial charge in [-0.2, -0.15) is 0 Å². The molecule has 0 bridgehead atoms. The van der Waals surface area contributed by atoms with Crippen molar-refractivity contribution in [3.05, 3.63) is 65.7 Å². The molecule has 1 saturated heterocycles. The second-order valence-corrected chi connectivity index (χ2v) is 7.78. The maximum atomic E-state index is 13.0. The summed E-state index contributed by atoms with van der Waals surface area (Å²) in [5, 5.41) is 0. The highest BCUT2D eigenvalue weighted by molar-refractivity contribution is 5.94. The minimum atomic E-state index is 0.00662.